The van der Waals surface area contributed by atoms with Gasteiger partial charge in [0.15, 0.2) is 0 Å². The van der Waals surface area contributed by atoms with Crippen molar-refractivity contribution in [3.63, 3.8) is 0 Å². The number of aliphatic hydroxyl groups is 2. The molecule has 0 aliphatic carbocycles. The Kier molecular flexibility index (Phi) is 31.1. The predicted molar refractivity (Wildman–Crippen MR) is 130 cm³/mol. The zero-order valence-corrected chi connectivity index (χ0v) is 21.6. The normalized spacial score (nSPS) is 8.25. The van der Waals surface area contributed by atoms with Crippen LogP contribution in [-0.4, -0.2) is 33.7 Å². The summed E-state index contributed by atoms with van der Waals surface area (Å²) in [4.78, 5) is 0. The maximum absolute atomic E-state index is 7.46. The van der Waals surface area contributed by atoms with E-state index in [2.05, 4.69) is 65.7 Å². The first-order valence-electron chi connectivity index (χ1n) is 7.85. The summed E-state index contributed by atoms with van der Waals surface area (Å²) in [7, 11) is 1.00. The van der Waals surface area contributed by atoms with Gasteiger partial charge in [-0.15, -0.1) is 70.1 Å². The van der Waals surface area contributed by atoms with Gasteiger partial charge in [0.2, 0.25) is 0 Å². The van der Waals surface area contributed by atoms with Gasteiger partial charge in [-0.25, -0.2) is 0 Å². The van der Waals surface area contributed by atoms with Gasteiger partial charge in [-0.05, 0) is 0 Å². The van der Waals surface area contributed by atoms with Gasteiger partial charge in [0, 0.05) is 7.11 Å². The van der Waals surface area contributed by atoms with Crippen LogP contribution < -0.4 is 0 Å². The summed E-state index contributed by atoms with van der Waals surface area (Å²) in [6.45, 7) is 8.60. The van der Waals surface area contributed by atoms with Crippen molar-refractivity contribution >= 4 is 50.6 Å². The molecule has 0 fully saturated rings. The van der Waals surface area contributed by atoms with Crippen LogP contribution in [0.4, 0.5) is 0 Å². The summed E-state index contributed by atoms with van der Waals surface area (Å²) in [5.74, 6) is 0. The number of halogens is 2. The standard InChI is InChI=1S/C13H9.C4H10N.C2H5O.CH4O.CH3.CH2.2ClH.Zr/c1-3-7-12-10(5-1)9-11-6-2-4-8-13(11)12;1-4(2,3)5;1-2-3;1-2;;;;;/h1-9H;5H,1-3H3;3H,1-2H2;2H,1H3;1H3;1H2;2*1H;/q3*-1;;-1;;;;. The molecule has 0 saturated heterocycles. The molecule has 0 radical (unpaired) electrons. The zero-order chi connectivity index (χ0) is 19.9. The van der Waals surface area contributed by atoms with Gasteiger partial charge in [-0.3, -0.25) is 0 Å². The molecule has 3 N–H and O–H groups in total. The van der Waals surface area contributed by atoms with E-state index < -0.39 is 0 Å². The topological polar surface area (TPSA) is 64.3 Å². The zero-order valence-electron chi connectivity index (χ0n) is 17.5. The van der Waals surface area contributed by atoms with Crippen LogP contribution in [-0.2, 0) is 24.2 Å². The second-order valence-electron chi connectivity index (χ2n) is 5.79. The van der Waals surface area contributed by atoms with E-state index in [0.717, 1.165) is 7.11 Å². The van der Waals surface area contributed by atoms with Crippen molar-refractivity contribution in [3.05, 3.63) is 74.7 Å². The van der Waals surface area contributed by atoms with Gasteiger partial charge >= 0.3 is 28.4 Å². The van der Waals surface area contributed by atoms with E-state index in [1.165, 1.54) is 45.8 Å². The summed E-state index contributed by atoms with van der Waals surface area (Å²) in [6, 6.07) is 19.3. The van der Waals surface area contributed by atoms with Crippen LogP contribution in [0.3, 0.4) is 0 Å². The predicted octanol–water partition coefficient (Wildman–Crippen LogP) is 6.23. The first-order chi connectivity index (χ1) is 11.9. The van der Waals surface area contributed by atoms with Crippen molar-refractivity contribution in [1.82, 2.24) is 0 Å². The fraction of sp³-hybridized carbons (Fsp3) is 0.273. The van der Waals surface area contributed by atoms with Crippen LogP contribution in [0.5, 0.6) is 0 Å². The van der Waals surface area contributed by atoms with E-state index in [-0.39, 0.29) is 44.4 Å². The van der Waals surface area contributed by atoms with Crippen LogP contribution in [0.15, 0.2) is 54.6 Å². The Morgan fingerprint density at radius 3 is 1.39 bits per heavy atom. The van der Waals surface area contributed by atoms with Gasteiger partial charge in [0.1, 0.15) is 0 Å². The molecule has 0 aromatic heterocycles. The first kappa shape index (κ1) is 38.2. The summed E-state index contributed by atoms with van der Waals surface area (Å²) < 4.78 is 3.34. The number of fused-ring (bicyclic) bond motifs is 3. The minimum absolute atomic E-state index is 0. The molecule has 0 aliphatic rings. The molecule has 3 aromatic rings. The van der Waals surface area contributed by atoms with Gasteiger partial charge < -0.3 is 30.3 Å². The van der Waals surface area contributed by atoms with E-state index in [0.29, 0.717) is 0 Å². The number of hydrogen-bond acceptors (Lipinski definition) is 2. The number of hydrogen-bond donors (Lipinski definition) is 2. The third kappa shape index (κ3) is 17.6. The molecule has 3 rings (SSSR count). The van der Waals surface area contributed by atoms with E-state index in [4.69, 9.17) is 15.9 Å². The Labute approximate surface area is 198 Å². The minimum atomic E-state index is -0.250. The molecule has 6 heteroatoms. The average molecular weight is 508 g/mol. The summed E-state index contributed by atoms with van der Waals surface area (Å²) in [5, 5.41) is 19.9. The minimum Gasteiger partial charge on any atom is -0.358 e. The second kappa shape index (κ2) is 22.8. The van der Waals surface area contributed by atoms with Crippen LogP contribution in [0.25, 0.3) is 27.3 Å². The third-order valence-electron chi connectivity index (χ3n) is 2.52. The maximum atomic E-state index is 7.46. The molecular formula is C22H35Cl2NO2Zr-4. The number of aliphatic hydroxyl groups excluding tert-OH is 2. The molecular weight excluding hydrogens is 472 g/mol. The average Bonchev–Trinajstić information content (AvgIpc) is 2.96. The third-order valence-corrected chi connectivity index (χ3v) is 2.52. The van der Waals surface area contributed by atoms with Crippen LogP contribution in [0.1, 0.15) is 20.8 Å². The monoisotopic (exact) mass is 505 g/mol. The molecule has 0 spiro atoms. The van der Waals surface area contributed by atoms with Gasteiger partial charge in [0.05, 0.1) is 0 Å². The summed E-state index contributed by atoms with van der Waals surface area (Å²) >= 11 is 1.30. The molecule has 0 bridgehead atoms. The Morgan fingerprint density at radius 2 is 1.14 bits per heavy atom. The van der Waals surface area contributed by atoms with Crippen molar-refractivity contribution in [2.45, 2.75) is 26.3 Å². The quantitative estimate of drug-likeness (QED) is 0.354. The van der Waals surface area contributed by atoms with E-state index in [1.807, 2.05) is 20.8 Å². The van der Waals surface area contributed by atoms with Crippen LogP contribution in [0.2, 0.25) is 0 Å². The maximum Gasteiger partial charge on any atom is -0.0771 e. The Hall–Kier alpha value is -0.477. The smallest absolute Gasteiger partial charge is 0.0771 e. The molecule has 3 aromatic carbocycles. The van der Waals surface area contributed by atoms with Crippen LogP contribution >= 0.6 is 24.8 Å². The molecule has 0 aliphatic heterocycles. The van der Waals surface area contributed by atoms with Crippen molar-refractivity contribution in [3.8, 4) is 0 Å². The molecule has 0 unspecified atom stereocenters. The Morgan fingerprint density at radius 1 is 0.929 bits per heavy atom. The van der Waals surface area contributed by atoms with Crippen LogP contribution in [0, 0.1) is 14.4 Å². The molecule has 162 valence electrons. The summed E-state index contributed by atoms with van der Waals surface area (Å²) in [5.41, 5.74) is 6.69. The number of nitrogens with one attached hydrogen (secondary N) is 1. The molecule has 0 heterocycles. The molecule has 3 nitrogen and oxygen atoms in total. The summed E-state index contributed by atoms with van der Waals surface area (Å²) in [6.07, 6.45) is 0. The van der Waals surface area contributed by atoms with Crippen molar-refractivity contribution in [2.75, 3.05) is 13.7 Å². The second-order valence-corrected chi connectivity index (χ2v) is 5.79. The van der Waals surface area contributed by atoms with Gasteiger partial charge in [0.25, 0.3) is 0 Å². The Balaban J connectivity index is -0.000000102. The number of rotatable bonds is 0. The van der Waals surface area contributed by atoms with E-state index in [1.54, 1.807) is 0 Å². The molecule has 0 atom stereocenters. The first-order valence-corrected chi connectivity index (χ1v) is 9.59. The Bertz CT molecular complexity index is 641. The largest absolute Gasteiger partial charge is 0.358 e. The fourth-order valence-corrected chi connectivity index (χ4v) is 1.90. The molecule has 0 amide bonds. The van der Waals surface area contributed by atoms with Crippen molar-refractivity contribution in [2.24, 2.45) is 0 Å². The van der Waals surface area contributed by atoms with Gasteiger partial charge in [-0.2, -0.15) is 0 Å². The SMILES string of the molecule is CC(C)(C)[NH-].CO.Cl.Cl.[CH2-]CO.[CH2]=[Zr].[CH3-].c1ccc2c(c1)[cH-]c1ccccc12. The van der Waals surface area contributed by atoms with Crippen molar-refractivity contribution < 1.29 is 34.4 Å². The van der Waals surface area contributed by atoms with E-state index >= 15 is 0 Å². The van der Waals surface area contributed by atoms with E-state index in [9.17, 15) is 0 Å². The van der Waals surface area contributed by atoms with Gasteiger partial charge in [-0.1, -0.05) is 63.8 Å². The molecule has 28 heavy (non-hydrogen) atoms. The molecule has 0 saturated carbocycles. The number of benzene rings is 2. The van der Waals surface area contributed by atoms with Crippen molar-refractivity contribution in [1.29, 1.82) is 0 Å². The fourth-order valence-electron chi connectivity index (χ4n) is 1.90.